The Bertz CT molecular complexity index is 458. The van der Waals surface area contributed by atoms with Gasteiger partial charge < -0.3 is 15.8 Å². The molecular weight excluding hydrogens is 235 g/mol. The quantitative estimate of drug-likeness (QED) is 0.862. The van der Waals surface area contributed by atoms with Gasteiger partial charge in [-0.15, -0.1) is 0 Å². The highest BCUT2D eigenvalue weighted by Gasteiger charge is 2.34. The Balaban J connectivity index is 2.02. The zero-order valence-electron chi connectivity index (χ0n) is 10.3. The summed E-state index contributed by atoms with van der Waals surface area (Å²) in [5.74, 6) is -0.244. The number of nitrogens with two attached hydrogens (primary N) is 1. The minimum atomic E-state index is -0.483. The molecule has 1 aliphatic rings. The zero-order chi connectivity index (χ0) is 13.2. The maximum absolute atomic E-state index is 13.5. The van der Waals surface area contributed by atoms with Crippen molar-refractivity contribution in [3.8, 4) is 5.75 Å². The Labute approximate surface area is 105 Å². The summed E-state index contributed by atoms with van der Waals surface area (Å²) >= 11 is 0. The summed E-state index contributed by atoms with van der Waals surface area (Å²) in [4.78, 5) is 11.8. The van der Waals surface area contributed by atoms with E-state index in [9.17, 15) is 9.18 Å². The number of nitrogens with one attached hydrogen (secondary N) is 1. The van der Waals surface area contributed by atoms with E-state index in [0.717, 1.165) is 19.3 Å². The van der Waals surface area contributed by atoms with Crippen LogP contribution in [0.4, 0.5) is 10.1 Å². The second-order valence-electron chi connectivity index (χ2n) is 4.79. The molecule has 1 aliphatic carbocycles. The Morgan fingerprint density at radius 1 is 1.56 bits per heavy atom. The second kappa shape index (κ2) is 4.94. The molecule has 0 saturated heterocycles. The molecule has 18 heavy (non-hydrogen) atoms. The van der Waals surface area contributed by atoms with Gasteiger partial charge in [0.15, 0.2) is 0 Å². The van der Waals surface area contributed by atoms with Crippen LogP contribution in [0.3, 0.4) is 0 Å². The zero-order valence-corrected chi connectivity index (χ0v) is 10.3. The Hall–Kier alpha value is -1.62. The normalized spacial score (nSPS) is 16.8. The molecule has 3 N–H and O–H groups in total. The lowest BCUT2D eigenvalue weighted by molar-refractivity contribution is -0.118. The van der Waals surface area contributed by atoms with Crippen LogP contribution in [-0.2, 0) is 4.79 Å². The number of carbonyl (C=O) groups is 1. The number of methoxy groups -OCH3 is 1. The summed E-state index contributed by atoms with van der Waals surface area (Å²) in [6, 6.07) is 4.22. The molecule has 1 saturated carbocycles. The first-order valence-electron chi connectivity index (χ1n) is 5.95. The summed E-state index contributed by atoms with van der Waals surface area (Å²) < 4.78 is 18.5. The maximum Gasteiger partial charge on any atom is 0.226 e. The number of rotatable bonds is 4. The van der Waals surface area contributed by atoms with Crippen LogP contribution in [-0.4, -0.2) is 18.6 Å². The SMILES string of the molecule is COc1ccc(F)c(NC(=O)CC2(N)CCC2)c1. The van der Waals surface area contributed by atoms with Crippen LogP contribution in [0.1, 0.15) is 25.7 Å². The van der Waals surface area contributed by atoms with Crippen LogP contribution in [0.15, 0.2) is 18.2 Å². The van der Waals surface area contributed by atoms with Crippen molar-refractivity contribution in [2.45, 2.75) is 31.2 Å². The van der Waals surface area contributed by atoms with Crippen molar-refractivity contribution in [2.75, 3.05) is 12.4 Å². The molecule has 2 rings (SSSR count). The van der Waals surface area contributed by atoms with Crippen LogP contribution in [0, 0.1) is 5.82 Å². The number of anilines is 1. The highest BCUT2D eigenvalue weighted by molar-refractivity contribution is 5.91. The molecule has 0 aliphatic heterocycles. The smallest absolute Gasteiger partial charge is 0.226 e. The molecular formula is C13H17FN2O2. The number of benzene rings is 1. The van der Waals surface area contributed by atoms with Crippen molar-refractivity contribution in [3.63, 3.8) is 0 Å². The van der Waals surface area contributed by atoms with E-state index in [2.05, 4.69) is 5.32 Å². The van der Waals surface area contributed by atoms with E-state index in [1.54, 1.807) is 0 Å². The van der Waals surface area contributed by atoms with Crippen molar-refractivity contribution in [1.82, 2.24) is 0 Å². The summed E-state index contributed by atoms with van der Waals surface area (Å²) in [7, 11) is 1.49. The first-order valence-corrected chi connectivity index (χ1v) is 5.95. The van der Waals surface area contributed by atoms with E-state index in [0.29, 0.717) is 5.75 Å². The van der Waals surface area contributed by atoms with Gasteiger partial charge in [0.05, 0.1) is 12.8 Å². The molecule has 0 spiro atoms. The van der Waals surface area contributed by atoms with E-state index < -0.39 is 11.4 Å². The number of ether oxygens (including phenoxy) is 1. The minimum absolute atomic E-state index is 0.127. The van der Waals surface area contributed by atoms with Crippen molar-refractivity contribution in [2.24, 2.45) is 5.73 Å². The molecule has 0 unspecified atom stereocenters. The van der Waals surface area contributed by atoms with E-state index >= 15 is 0 Å². The third kappa shape index (κ3) is 2.79. The lowest BCUT2D eigenvalue weighted by atomic mass is 9.75. The van der Waals surface area contributed by atoms with Crippen LogP contribution in [0.2, 0.25) is 0 Å². The highest BCUT2D eigenvalue weighted by Crippen LogP contribution is 2.32. The lowest BCUT2D eigenvalue weighted by Gasteiger charge is -2.37. The van der Waals surface area contributed by atoms with Gasteiger partial charge >= 0.3 is 0 Å². The summed E-state index contributed by atoms with van der Waals surface area (Å²) in [6.07, 6.45) is 2.98. The third-order valence-corrected chi connectivity index (χ3v) is 3.31. The molecule has 5 heteroatoms. The predicted molar refractivity (Wildman–Crippen MR) is 67.0 cm³/mol. The lowest BCUT2D eigenvalue weighted by Crippen LogP contribution is -2.48. The van der Waals surface area contributed by atoms with Crippen molar-refractivity contribution in [1.29, 1.82) is 0 Å². The molecule has 0 aromatic heterocycles. The average Bonchev–Trinajstić information content (AvgIpc) is 2.30. The van der Waals surface area contributed by atoms with Gasteiger partial charge in [0, 0.05) is 18.0 Å². The first-order chi connectivity index (χ1) is 8.52. The second-order valence-corrected chi connectivity index (χ2v) is 4.79. The van der Waals surface area contributed by atoms with E-state index in [-0.39, 0.29) is 18.0 Å². The maximum atomic E-state index is 13.5. The van der Waals surface area contributed by atoms with E-state index in [1.807, 2.05) is 0 Å². The topological polar surface area (TPSA) is 64.3 Å². The number of hydrogen-bond donors (Lipinski definition) is 2. The van der Waals surface area contributed by atoms with Gasteiger partial charge in [-0.05, 0) is 31.4 Å². The molecule has 98 valence electrons. The first kappa shape index (κ1) is 12.8. The van der Waals surface area contributed by atoms with Crippen LogP contribution in [0.5, 0.6) is 5.75 Å². The summed E-state index contributed by atoms with van der Waals surface area (Å²) in [6.45, 7) is 0. The van der Waals surface area contributed by atoms with E-state index in [1.165, 1.54) is 25.3 Å². The highest BCUT2D eigenvalue weighted by atomic mass is 19.1. The van der Waals surface area contributed by atoms with Gasteiger partial charge in [-0.2, -0.15) is 0 Å². The Kier molecular flexibility index (Phi) is 3.52. The molecule has 1 fully saturated rings. The predicted octanol–water partition coefficient (Wildman–Crippen LogP) is 2.04. The van der Waals surface area contributed by atoms with Crippen molar-refractivity contribution in [3.05, 3.63) is 24.0 Å². The van der Waals surface area contributed by atoms with Gasteiger partial charge in [-0.25, -0.2) is 4.39 Å². The Morgan fingerprint density at radius 3 is 2.83 bits per heavy atom. The average molecular weight is 252 g/mol. The van der Waals surface area contributed by atoms with Crippen LogP contribution >= 0.6 is 0 Å². The summed E-state index contributed by atoms with van der Waals surface area (Å²) in [5, 5.41) is 2.54. The van der Waals surface area contributed by atoms with Crippen molar-refractivity contribution < 1.29 is 13.9 Å². The molecule has 0 heterocycles. The van der Waals surface area contributed by atoms with Gasteiger partial charge in [0.1, 0.15) is 11.6 Å². The fourth-order valence-electron chi connectivity index (χ4n) is 2.05. The van der Waals surface area contributed by atoms with Gasteiger partial charge in [-0.1, -0.05) is 0 Å². The molecule has 1 amide bonds. The molecule has 1 aromatic rings. The number of amides is 1. The monoisotopic (exact) mass is 252 g/mol. The molecule has 4 nitrogen and oxygen atoms in total. The fourth-order valence-corrected chi connectivity index (χ4v) is 2.05. The van der Waals surface area contributed by atoms with Gasteiger partial charge in [-0.3, -0.25) is 4.79 Å². The molecule has 0 atom stereocenters. The van der Waals surface area contributed by atoms with Gasteiger partial charge in [0.25, 0.3) is 0 Å². The largest absolute Gasteiger partial charge is 0.497 e. The van der Waals surface area contributed by atoms with Gasteiger partial charge in [0.2, 0.25) is 5.91 Å². The van der Waals surface area contributed by atoms with E-state index in [4.69, 9.17) is 10.5 Å². The molecule has 1 aromatic carbocycles. The van der Waals surface area contributed by atoms with Crippen LogP contribution < -0.4 is 15.8 Å². The fraction of sp³-hybridized carbons (Fsp3) is 0.462. The summed E-state index contributed by atoms with van der Waals surface area (Å²) in [5.41, 5.74) is 5.70. The van der Waals surface area contributed by atoms with Crippen molar-refractivity contribution >= 4 is 11.6 Å². The molecule has 0 bridgehead atoms. The standard InChI is InChI=1S/C13H17FN2O2/c1-18-9-3-4-10(14)11(7-9)16-12(17)8-13(15)5-2-6-13/h3-4,7H,2,5-6,8,15H2,1H3,(H,16,17). The van der Waals surface area contributed by atoms with Crippen LogP contribution in [0.25, 0.3) is 0 Å². The Morgan fingerprint density at radius 2 is 2.28 bits per heavy atom. The number of halogens is 1. The molecule has 0 radical (unpaired) electrons. The number of hydrogen-bond acceptors (Lipinski definition) is 3. The third-order valence-electron chi connectivity index (χ3n) is 3.31. The minimum Gasteiger partial charge on any atom is -0.497 e. The number of carbonyl (C=O) groups excluding carboxylic acids is 1.